The molecule has 0 aliphatic rings. The number of thioether (sulfide) groups is 1. The largest absolute Gasteiger partial charge is 0.497 e. The van der Waals surface area contributed by atoms with E-state index in [0.29, 0.717) is 32.5 Å². The highest BCUT2D eigenvalue weighted by Gasteiger charge is 2.14. The minimum Gasteiger partial charge on any atom is -0.497 e. The molecule has 1 heterocycles. The Hall–Kier alpha value is -2.96. The summed E-state index contributed by atoms with van der Waals surface area (Å²) in [6.45, 7) is 0. The van der Waals surface area contributed by atoms with Crippen molar-refractivity contribution in [1.82, 2.24) is 9.55 Å². The number of halogens is 1. The predicted octanol–water partition coefficient (Wildman–Crippen LogP) is 5.35. The van der Waals surface area contributed by atoms with E-state index in [0.717, 1.165) is 17.1 Å². The van der Waals surface area contributed by atoms with Crippen molar-refractivity contribution in [2.75, 3.05) is 14.2 Å². The highest BCUT2D eigenvalue weighted by Crippen LogP contribution is 2.27. The molecule has 0 spiro atoms. The predicted molar refractivity (Wildman–Crippen MR) is 121 cm³/mol. The van der Waals surface area contributed by atoms with Crippen LogP contribution in [0.3, 0.4) is 0 Å². The first-order valence-electron chi connectivity index (χ1n) is 9.21. The van der Waals surface area contributed by atoms with Gasteiger partial charge >= 0.3 is 0 Å². The molecule has 5 nitrogen and oxygen atoms in total. The first-order valence-corrected chi connectivity index (χ1v) is 10.6. The Labute approximate surface area is 183 Å². The number of hydrogen-bond acceptors (Lipinski definition) is 5. The van der Waals surface area contributed by atoms with Gasteiger partial charge in [-0.1, -0.05) is 35.5 Å². The molecule has 1 aromatic heterocycles. The Balaban J connectivity index is 1.79. The van der Waals surface area contributed by atoms with Crippen molar-refractivity contribution < 1.29 is 9.47 Å². The summed E-state index contributed by atoms with van der Waals surface area (Å²) >= 11 is 7.62. The number of hydrogen-bond donors (Lipinski definition) is 0. The second-order valence-corrected chi connectivity index (χ2v) is 7.91. The summed E-state index contributed by atoms with van der Waals surface area (Å²) in [7, 11) is 3.25. The van der Waals surface area contributed by atoms with Crippen LogP contribution >= 0.6 is 23.4 Å². The number of nitrogens with zero attached hydrogens (tertiary/aromatic N) is 2. The molecule has 0 aliphatic carbocycles. The van der Waals surface area contributed by atoms with Gasteiger partial charge in [0.25, 0.3) is 5.56 Å². The first-order chi connectivity index (χ1) is 14.6. The van der Waals surface area contributed by atoms with Crippen LogP contribution in [-0.2, 0) is 5.75 Å². The lowest BCUT2D eigenvalue weighted by Crippen LogP contribution is -2.21. The van der Waals surface area contributed by atoms with E-state index < -0.39 is 0 Å². The molecule has 0 fully saturated rings. The summed E-state index contributed by atoms with van der Waals surface area (Å²) in [5.41, 5.74) is 2.27. The van der Waals surface area contributed by atoms with E-state index in [9.17, 15) is 4.79 Å². The zero-order chi connectivity index (χ0) is 21.1. The van der Waals surface area contributed by atoms with E-state index in [1.54, 1.807) is 37.0 Å². The van der Waals surface area contributed by atoms with E-state index in [-0.39, 0.29) is 5.56 Å². The van der Waals surface area contributed by atoms with Crippen LogP contribution in [0.4, 0.5) is 0 Å². The number of methoxy groups -OCH3 is 2. The molecule has 0 unspecified atom stereocenters. The minimum atomic E-state index is -0.162. The van der Waals surface area contributed by atoms with E-state index in [2.05, 4.69) is 0 Å². The third-order valence-corrected chi connectivity index (χ3v) is 5.90. The van der Waals surface area contributed by atoms with Crippen molar-refractivity contribution in [3.63, 3.8) is 0 Å². The van der Waals surface area contributed by atoms with E-state index in [4.69, 9.17) is 26.1 Å². The van der Waals surface area contributed by atoms with E-state index in [1.807, 2.05) is 48.5 Å². The van der Waals surface area contributed by atoms with Crippen molar-refractivity contribution >= 4 is 34.3 Å². The number of fused-ring (bicyclic) bond motifs is 1. The Bertz CT molecular complexity index is 1240. The van der Waals surface area contributed by atoms with Crippen LogP contribution in [0.5, 0.6) is 11.5 Å². The molecule has 0 amide bonds. The maximum absolute atomic E-state index is 13.4. The molecule has 4 aromatic rings. The molecule has 0 saturated heterocycles. The molecule has 0 saturated carbocycles. The molecule has 4 rings (SSSR count). The fraction of sp³-hybridized carbons (Fsp3) is 0.130. The molecule has 152 valence electrons. The van der Waals surface area contributed by atoms with Crippen LogP contribution < -0.4 is 15.0 Å². The lowest BCUT2D eigenvalue weighted by atomic mass is 10.2. The standard InChI is InChI=1S/C23H19ClN2O3S/c1-28-18-8-3-15(4-9-18)14-30-23-25-21-12-5-16(24)13-20(21)22(27)26(23)17-6-10-19(29-2)11-7-17/h3-13H,14H2,1-2H3. The van der Waals surface area contributed by atoms with Gasteiger partial charge in [-0.3, -0.25) is 9.36 Å². The fourth-order valence-electron chi connectivity index (χ4n) is 3.06. The Morgan fingerprint density at radius 1 is 0.933 bits per heavy atom. The second-order valence-electron chi connectivity index (χ2n) is 6.53. The molecule has 0 atom stereocenters. The molecule has 7 heteroatoms. The van der Waals surface area contributed by atoms with Crippen LogP contribution in [0, 0.1) is 0 Å². The normalized spacial score (nSPS) is 10.9. The van der Waals surface area contributed by atoms with Gasteiger partial charge in [-0.25, -0.2) is 4.98 Å². The zero-order valence-electron chi connectivity index (χ0n) is 16.5. The molecular weight excluding hydrogens is 420 g/mol. The first kappa shape index (κ1) is 20.3. The fourth-order valence-corrected chi connectivity index (χ4v) is 4.20. The van der Waals surface area contributed by atoms with Gasteiger partial charge < -0.3 is 9.47 Å². The summed E-state index contributed by atoms with van der Waals surface area (Å²) in [6.07, 6.45) is 0. The smallest absolute Gasteiger partial charge is 0.266 e. The van der Waals surface area contributed by atoms with Crippen molar-refractivity contribution in [2.24, 2.45) is 0 Å². The Morgan fingerprint density at radius 3 is 2.20 bits per heavy atom. The lowest BCUT2D eigenvalue weighted by Gasteiger charge is -2.14. The SMILES string of the molecule is COc1ccc(CSc2nc3ccc(Cl)cc3c(=O)n2-c2ccc(OC)cc2)cc1. The third kappa shape index (κ3) is 4.15. The lowest BCUT2D eigenvalue weighted by molar-refractivity contribution is 0.414. The average molecular weight is 439 g/mol. The molecule has 0 bridgehead atoms. The highest BCUT2D eigenvalue weighted by molar-refractivity contribution is 7.98. The van der Waals surface area contributed by atoms with Gasteiger partial charge in [0.1, 0.15) is 11.5 Å². The van der Waals surface area contributed by atoms with Crippen molar-refractivity contribution in [2.45, 2.75) is 10.9 Å². The third-order valence-electron chi connectivity index (χ3n) is 4.66. The number of aromatic nitrogens is 2. The highest BCUT2D eigenvalue weighted by atomic mass is 35.5. The second kappa shape index (κ2) is 8.81. The Morgan fingerprint density at radius 2 is 1.57 bits per heavy atom. The average Bonchev–Trinajstić information content (AvgIpc) is 2.79. The van der Waals surface area contributed by atoms with Crippen molar-refractivity contribution in [3.05, 3.63) is 87.7 Å². The summed E-state index contributed by atoms with van der Waals surface area (Å²) < 4.78 is 12.1. The molecule has 30 heavy (non-hydrogen) atoms. The quantitative estimate of drug-likeness (QED) is 0.300. The van der Waals surface area contributed by atoms with E-state index >= 15 is 0 Å². The number of benzene rings is 3. The summed E-state index contributed by atoms with van der Waals surface area (Å²) in [5.74, 6) is 2.18. The van der Waals surface area contributed by atoms with Crippen LogP contribution in [0.25, 0.3) is 16.6 Å². The van der Waals surface area contributed by atoms with Crippen LogP contribution in [0.2, 0.25) is 5.02 Å². The van der Waals surface area contributed by atoms with Gasteiger partial charge in [0.2, 0.25) is 0 Å². The Kier molecular flexibility index (Phi) is 5.97. The maximum Gasteiger partial charge on any atom is 0.266 e. The van der Waals surface area contributed by atoms with Crippen molar-refractivity contribution in [1.29, 1.82) is 0 Å². The number of rotatable bonds is 6. The minimum absolute atomic E-state index is 0.162. The summed E-state index contributed by atoms with van der Waals surface area (Å²) in [4.78, 5) is 18.1. The molecule has 0 aliphatic heterocycles. The molecular formula is C23H19ClN2O3S. The molecule has 0 radical (unpaired) electrons. The summed E-state index contributed by atoms with van der Waals surface area (Å²) in [5, 5.41) is 1.59. The molecule has 0 N–H and O–H groups in total. The van der Waals surface area contributed by atoms with Gasteiger partial charge in [-0.05, 0) is 60.2 Å². The van der Waals surface area contributed by atoms with Crippen LogP contribution in [-0.4, -0.2) is 23.8 Å². The molecule has 3 aromatic carbocycles. The maximum atomic E-state index is 13.4. The zero-order valence-corrected chi connectivity index (χ0v) is 18.0. The van der Waals surface area contributed by atoms with Gasteiger partial charge in [0.05, 0.1) is 30.8 Å². The van der Waals surface area contributed by atoms with Crippen LogP contribution in [0.15, 0.2) is 76.7 Å². The monoisotopic (exact) mass is 438 g/mol. The van der Waals surface area contributed by atoms with E-state index in [1.165, 1.54) is 11.8 Å². The van der Waals surface area contributed by atoms with Gasteiger partial charge in [0.15, 0.2) is 5.16 Å². The van der Waals surface area contributed by atoms with Crippen LogP contribution in [0.1, 0.15) is 5.56 Å². The topological polar surface area (TPSA) is 53.3 Å². The summed E-state index contributed by atoms with van der Waals surface area (Å²) in [6, 6.07) is 20.3. The number of ether oxygens (including phenoxy) is 2. The van der Waals surface area contributed by atoms with Gasteiger partial charge in [-0.15, -0.1) is 0 Å². The van der Waals surface area contributed by atoms with Gasteiger partial charge in [0, 0.05) is 10.8 Å². The van der Waals surface area contributed by atoms with Crippen molar-refractivity contribution in [3.8, 4) is 17.2 Å². The van der Waals surface area contributed by atoms with Gasteiger partial charge in [-0.2, -0.15) is 0 Å².